The molecule has 0 spiro atoms. The maximum Gasteiger partial charge on any atom is 0.261 e. The van der Waals surface area contributed by atoms with Gasteiger partial charge < -0.3 is 5.32 Å². The van der Waals surface area contributed by atoms with Gasteiger partial charge in [-0.05, 0) is 61.2 Å². The summed E-state index contributed by atoms with van der Waals surface area (Å²) in [6, 6.07) is 22.9. The third kappa shape index (κ3) is 6.18. The highest BCUT2D eigenvalue weighted by Gasteiger charge is 2.18. The van der Waals surface area contributed by atoms with Crippen LogP contribution in [0, 0.1) is 12.8 Å². The smallest absolute Gasteiger partial charge is 0.261 e. The van der Waals surface area contributed by atoms with Crippen molar-refractivity contribution in [3.05, 3.63) is 95.6 Å². The van der Waals surface area contributed by atoms with E-state index < -0.39 is 10.0 Å². The second kappa shape index (κ2) is 9.79. The number of hydrogen-bond acceptors (Lipinski definition) is 3. The summed E-state index contributed by atoms with van der Waals surface area (Å²) in [4.78, 5) is 13.0. The summed E-state index contributed by atoms with van der Waals surface area (Å²) in [5.74, 6) is 0.228. The van der Waals surface area contributed by atoms with E-state index in [4.69, 9.17) is 0 Å². The number of hydrogen-bond donors (Lipinski definition) is 2. The predicted octanol–water partition coefficient (Wildman–Crippen LogP) is 5.31. The summed E-state index contributed by atoms with van der Waals surface area (Å²) in [5, 5.41) is 3.10. The van der Waals surface area contributed by atoms with E-state index in [-0.39, 0.29) is 16.8 Å². The molecule has 0 radical (unpaired) electrons. The van der Waals surface area contributed by atoms with Crippen LogP contribution in [0.2, 0.25) is 0 Å². The van der Waals surface area contributed by atoms with Gasteiger partial charge in [0.2, 0.25) is 0 Å². The standard InChI is InChI=1S/C25H28N2O3S/c1-18(2)17-24(20-7-5-4-6-8-20)26-25(28)21-11-13-22(14-12-21)27-31(29,30)23-15-9-19(3)10-16-23/h4-16,18,24,27H,17H2,1-3H3,(H,26,28)/t24-/m0/s1. The number of carbonyl (C=O) groups excluding carboxylic acids is 1. The lowest BCUT2D eigenvalue weighted by molar-refractivity contribution is 0.0932. The molecule has 0 aliphatic carbocycles. The lowest BCUT2D eigenvalue weighted by atomic mass is 9.96. The fourth-order valence-corrected chi connectivity index (χ4v) is 4.36. The Morgan fingerprint density at radius 3 is 2.06 bits per heavy atom. The number of amides is 1. The Balaban J connectivity index is 1.71. The average molecular weight is 437 g/mol. The van der Waals surface area contributed by atoms with E-state index in [0.717, 1.165) is 17.5 Å². The molecule has 162 valence electrons. The molecule has 0 fully saturated rings. The minimum atomic E-state index is -3.68. The van der Waals surface area contributed by atoms with Crippen LogP contribution >= 0.6 is 0 Å². The quantitative estimate of drug-likeness (QED) is 0.502. The second-order valence-corrected chi connectivity index (χ2v) is 9.74. The van der Waals surface area contributed by atoms with Crippen LogP contribution < -0.4 is 10.0 Å². The van der Waals surface area contributed by atoms with Gasteiger partial charge in [-0.25, -0.2) is 8.42 Å². The van der Waals surface area contributed by atoms with Gasteiger partial charge in [0, 0.05) is 11.3 Å². The van der Waals surface area contributed by atoms with Crippen LogP contribution in [0.25, 0.3) is 0 Å². The summed E-state index contributed by atoms with van der Waals surface area (Å²) in [7, 11) is -3.68. The highest BCUT2D eigenvalue weighted by molar-refractivity contribution is 7.92. The van der Waals surface area contributed by atoms with E-state index in [1.54, 1.807) is 48.5 Å². The van der Waals surface area contributed by atoms with Crippen molar-refractivity contribution in [2.75, 3.05) is 4.72 Å². The van der Waals surface area contributed by atoms with Gasteiger partial charge in [-0.1, -0.05) is 61.9 Å². The number of rotatable bonds is 8. The third-order valence-corrected chi connectivity index (χ3v) is 6.34. The molecule has 0 saturated heterocycles. The summed E-state index contributed by atoms with van der Waals surface area (Å²) in [6.45, 7) is 6.14. The van der Waals surface area contributed by atoms with E-state index in [1.165, 1.54) is 0 Å². The van der Waals surface area contributed by atoms with E-state index in [2.05, 4.69) is 23.9 Å². The maximum atomic E-state index is 12.8. The first-order valence-electron chi connectivity index (χ1n) is 10.3. The van der Waals surface area contributed by atoms with E-state index in [0.29, 0.717) is 17.2 Å². The highest BCUT2D eigenvalue weighted by atomic mass is 32.2. The molecule has 0 saturated carbocycles. The van der Waals surface area contributed by atoms with Crippen molar-refractivity contribution in [2.45, 2.75) is 38.1 Å². The zero-order valence-electron chi connectivity index (χ0n) is 18.0. The van der Waals surface area contributed by atoms with Crippen molar-refractivity contribution in [3.63, 3.8) is 0 Å². The van der Waals surface area contributed by atoms with Gasteiger partial charge in [-0.15, -0.1) is 0 Å². The lowest BCUT2D eigenvalue weighted by Crippen LogP contribution is -2.29. The normalized spacial score (nSPS) is 12.4. The minimum Gasteiger partial charge on any atom is -0.345 e. The molecule has 31 heavy (non-hydrogen) atoms. The van der Waals surface area contributed by atoms with Crippen molar-refractivity contribution in [1.29, 1.82) is 0 Å². The Kier molecular flexibility index (Phi) is 7.13. The first kappa shape index (κ1) is 22.6. The van der Waals surface area contributed by atoms with Gasteiger partial charge in [0.25, 0.3) is 15.9 Å². The van der Waals surface area contributed by atoms with Gasteiger partial charge >= 0.3 is 0 Å². The molecule has 2 N–H and O–H groups in total. The van der Waals surface area contributed by atoms with Crippen LogP contribution in [0.5, 0.6) is 0 Å². The molecule has 1 atom stereocenters. The summed E-state index contributed by atoms with van der Waals surface area (Å²) >= 11 is 0. The molecule has 0 aliphatic rings. The van der Waals surface area contributed by atoms with Gasteiger partial charge in [0.1, 0.15) is 0 Å². The van der Waals surface area contributed by atoms with Crippen LogP contribution in [0.4, 0.5) is 5.69 Å². The van der Waals surface area contributed by atoms with Crippen LogP contribution in [0.1, 0.15) is 47.8 Å². The number of carbonyl (C=O) groups is 1. The van der Waals surface area contributed by atoms with Crippen molar-refractivity contribution >= 4 is 21.6 Å². The third-order valence-electron chi connectivity index (χ3n) is 4.94. The van der Waals surface area contributed by atoms with Crippen molar-refractivity contribution in [3.8, 4) is 0 Å². The topological polar surface area (TPSA) is 75.3 Å². The van der Waals surface area contributed by atoms with Crippen molar-refractivity contribution in [1.82, 2.24) is 5.32 Å². The molecule has 0 aromatic heterocycles. The molecular formula is C25H28N2O3S. The fraction of sp³-hybridized carbons (Fsp3) is 0.240. The summed E-state index contributed by atoms with van der Waals surface area (Å²) in [6.07, 6.45) is 0.824. The highest BCUT2D eigenvalue weighted by Crippen LogP contribution is 2.22. The van der Waals surface area contributed by atoms with E-state index >= 15 is 0 Å². The minimum absolute atomic E-state index is 0.0894. The monoisotopic (exact) mass is 436 g/mol. The second-order valence-electron chi connectivity index (χ2n) is 8.06. The van der Waals surface area contributed by atoms with Crippen molar-refractivity contribution < 1.29 is 13.2 Å². The average Bonchev–Trinajstić information content (AvgIpc) is 2.74. The molecule has 0 heterocycles. The van der Waals surface area contributed by atoms with Crippen LogP contribution in [-0.2, 0) is 10.0 Å². The first-order chi connectivity index (χ1) is 14.7. The fourth-order valence-electron chi connectivity index (χ4n) is 3.30. The first-order valence-corrected chi connectivity index (χ1v) is 11.8. The Labute approximate surface area is 184 Å². The summed E-state index contributed by atoms with van der Waals surface area (Å²) in [5.41, 5.74) is 2.93. The van der Waals surface area contributed by atoms with Gasteiger partial charge in [0.15, 0.2) is 0 Å². The molecule has 1 amide bonds. The molecule has 3 rings (SSSR count). The Bertz CT molecular complexity index is 1110. The summed E-state index contributed by atoms with van der Waals surface area (Å²) < 4.78 is 27.6. The van der Waals surface area contributed by atoms with E-state index in [9.17, 15) is 13.2 Å². The zero-order valence-corrected chi connectivity index (χ0v) is 18.8. The SMILES string of the molecule is Cc1ccc(S(=O)(=O)Nc2ccc(C(=O)N[C@@H](CC(C)C)c3ccccc3)cc2)cc1. The number of sulfonamides is 1. The van der Waals surface area contributed by atoms with Crippen molar-refractivity contribution in [2.24, 2.45) is 5.92 Å². The van der Waals surface area contributed by atoms with Gasteiger partial charge in [-0.3, -0.25) is 9.52 Å². The zero-order chi connectivity index (χ0) is 22.4. The number of anilines is 1. The molecule has 0 aliphatic heterocycles. The molecular weight excluding hydrogens is 408 g/mol. The largest absolute Gasteiger partial charge is 0.345 e. The molecule has 3 aromatic rings. The number of aryl methyl sites for hydroxylation is 1. The van der Waals surface area contributed by atoms with Gasteiger partial charge in [-0.2, -0.15) is 0 Å². The molecule has 3 aromatic carbocycles. The van der Waals surface area contributed by atoms with E-state index in [1.807, 2.05) is 37.3 Å². The maximum absolute atomic E-state index is 12.8. The number of nitrogens with one attached hydrogen (secondary N) is 2. The molecule has 5 nitrogen and oxygen atoms in total. The van der Waals surface area contributed by atoms with Gasteiger partial charge in [0.05, 0.1) is 10.9 Å². The Morgan fingerprint density at radius 2 is 1.48 bits per heavy atom. The molecule has 0 bridgehead atoms. The molecule has 6 heteroatoms. The predicted molar refractivity (Wildman–Crippen MR) is 125 cm³/mol. The van der Waals surface area contributed by atoms with Crippen LogP contribution in [-0.4, -0.2) is 14.3 Å². The Hall–Kier alpha value is -3.12. The van der Waals surface area contributed by atoms with Crippen LogP contribution in [0.3, 0.4) is 0 Å². The van der Waals surface area contributed by atoms with Crippen LogP contribution in [0.15, 0.2) is 83.8 Å². The number of benzene rings is 3. The Morgan fingerprint density at radius 1 is 0.871 bits per heavy atom. The lowest BCUT2D eigenvalue weighted by Gasteiger charge is -2.21. The molecule has 0 unspecified atom stereocenters.